The molecule has 1 aliphatic heterocycles. The predicted octanol–water partition coefficient (Wildman–Crippen LogP) is 0.735. The van der Waals surface area contributed by atoms with E-state index >= 15 is 0 Å². The van der Waals surface area contributed by atoms with Gasteiger partial charge in [0.15, 0.2) is 5.82 Å². The summed E-state index contributed by atoms with van der Waals surface area (Å²) in [5, 5.41) is 0. The van der Waals surface area contributed by atoms with Crippen molar-refractivity contribution in [3.63, 3.8) is 0 Å². The van der Waals surface area contributed by atoms with Crippen molar-refractivity contribution in [1.82, 2.24) is 9.55 Å². The third-order valence-corrected chi connectivity index (χ3v) is 3.14. The molecule has 14 heavy (non-hydrogen) atoms. The number of rotatable bonds is 2. The molecule has 5 heteroatoms. The molecule has 1 unspecified atom stereocenters. The molecular weight excluding hydrogens is 200 g/mol. The molecule has 4 nitrogen and oxygen atoms in total. The minimum absolute atomic E-state index is 0.00954. The van der Waals surface area contributed by atoms with Crippen molar-refractivity contribution < 1.29 is 9.53 Å². The molecule has 0 radical (unpaired) electrons. The molecule has 0 spiro atoms. The van der Waals surface area contributed by atoms with Gasteiger partial charge in [-0.05, 0) is 0 Å². The summed E-state index contributed by atoms with van der Waals surface area (Å²) in [6.07, 6.45) is 3.08. The van der Waals surface area contributed by atoms with Crippen LogP contribution in [0.4, 0.5) is 0 Å². The maximum atomic E-state index is 11.9. The monoisotopic (exact) mass is 212 g/mol. The smallest absolute Gasteiger partial charge is 0.227 e. The number of aryl methyl sites for hydroxylation is 1. The lowest BCUT2D eigenvalue weighted by molar-refractivity contribution is 0.0506. The van der Waals surface area contributed by atoms with Crippen LogP contribution in [0.1, 0.15) is 10.6 Å². The van der Waals surface area contributed by atoms with E-state index < -0.39 is 0 Å². The molecule has 0 aliphatic carbocycles. The summed E-state index contributed by atoms with van der Waals surface area (Å²) in [7, 11) is 1.82. The molecule has 1 aromatic rings. The average Bonchev–Trinajstić information content (AvgIpc) is 2.65. The van der Waals surface area contributed by atoms with Gasteiger partial charge in [-0.1, -0.05) is 0 Å². The maximum absolute atomic E-state index is 11.9. The normalized spacial score (nSPS) is 22.2. The fraction of sp³-hybridized carbons (Fsp3) is 0.556. The van der Waals surface area contributed by atoms with Crippen LogP contribution in [-0.2, 0) is 11.8 Å². The molecule has 1 aliphatic rings. The third kappa shape index (κ3) is 1.83. The number of aromatic nitrogens is 2. The van der Waals surface area contributed by atoms with E-state index in [0.29, 0.717) is 12.4 Å². The van der Waals surface area contributed by atoms with Gasteiger partial charge in [0.2, 0.25) is 5.78 Å². The quantitative estimate of drug-likeness (QED) is 0.678. The van der Waals surface area contributed by atoms with Crippen LogP contribution in [0.5, 0.6) is 0 Å². The Bertz CT molecular complexity index is 331. The lowest BCUT2D eigenvalue weighted by atomic mass is 10.2. The van der Waals surface area contributed by atoms with Crippen LogP contribution >= 0.6 is 11.8 Å². The van der Waals surface area contributed by atoms with Crippen LogP contribution in [0.3, 0.4) is 0 Å². The van der Waals surface area contributed by atoms with Crippen LogP contribution in [0, 0.1) is 0 Å². The van der Waals surface area contributed by atoms with Crippen molar-refractivity contribution in [3.05, 3.63) is 18.2 Å². The van der Waals surface area contributed by atoms with Gasteiger partial charge in [0, 0.05) is 30.9 Å². The lowest BCUT2D eigenvalue weighted by Crippen LogP contribution is -2.33. The molecule has 76 valence electrons. The number of imidazole rings is 1. The van der Waals surface area contributed by atoms with Gasteiger partial charge in [0.25, 0.3) is 0 Å². The highest BCUT2D eigenvalue weighted by Gasteiger charge is 2.26. The Labute approximate surface area is 86.7 Å². The summed E-state index contributed by atoms with van der Waals surface area (Å²) < 4.78 is 7.12. The number of carbonyl (C=O) groups excluding carboxylic acids is 1. The molecule has 0 amide bonds. The van der Waals surface area contributed by atoms with Crippen LogP contribution in [-0.4, -0.2) is 39.6 Å². The van der Waals surface area contributed by atoms with E-state index in [2.05, 4.69) is 4.98 Å². The van der Waals surface area contributed by atoms with Gasteiger partial charge in [0.1, 0.15) is 6.10 Å². The Kier molecular flexibility index (Phi) is 2.88. The number of hydrogen-bond donors (Lipinski definition) is 0. The molecule has 0 aromatic carbocycles. The van der Waals surface area contributed by atoms with E-state index in [-0.39, 0.29) is 11.9 Å². The Balaban J connectivity index is 2.11. The molecule has 1 atom stereocenters. The standard InChI is InChI=1S/C9H12N2O2S/c1-11-3-2-10-9(11)8(12)7-6-14-5-4-13-7/h2-3,7H,4-6H2,1H3. The van der Waals surface area contributed by atoms with Crippen molar-refractivity contribution in [1.29, 1.82) is 0 Å². The van der Waals surface area contributed by atoms with Crippen molar-refractivity contribution in [3.8, 4) is 0 Å². The molecule has 0 saturated carbocycles. The summed E-state index contributed by atoms with van der Waals surface area (Å²) >= 11 is 1.75. The Hall–Kier alpha value is -0.810. The van der Waals surface area contributed by atoms with Gasteiger partial charge >= 0.3 is 0 Å². The number of thioether (sulfide) groups is 1. The van der Waals surface area contributed by atoms with E-state index in [1.807, 2.05) is 7.05 Å². The number of Topliss-reactive ketones (excluding diaryl/α,β-unsaturated/α-hetero) is 1. The Morgan fingerprint density at radius 2 is 2.64 bits per heavy atom. The van der Waals surface area contributed by atoms with E-state index in [0.717, 1.165) is 11.5 Å². The molecule has 1 saturated heterocycles. The first-order valence-corrected chi connectivity index (χ1v) is 5.65. The highest BCUT2D eigenvalue weighted by molar-refractivity contribution is 7.99. The maximum Gasteiger partial charge on any atom is 0.227 e. The van der Waals surface area contributed by atoms with E-state index in [4.69, 9.17) is 4.74 Å². The van der Waals surface area contributed by atoms with Gasteiger partial charge < -0.3 is 9.30 Å². The largest absolute Gasteiger partial charge is 0.368 e. The van der Waals surface area contributed by atoms with Crippen LogP contribution < -0.4 is 0 Å². The second kappa shape index (κ2) is 4.14. The van der Waals surface area contributed by atoms with Gasteiger partial charge in [-0.2, -0.15) is 11.8 Å². The van der Waals surface area contributed by atoms with Crippen molar-refractivity contribution in [2.75, 3.05) is 18.1 Å². The fourth-order valence-corrected chi connectivity index (χ4v) is 2.23. The number of hydrogen-bond acceptors (Lipinski definition) is 4. The summed E-state index contributed by atoms with van der Waals surface area (Å²) in [6, 6.07) is 0. The van der Waals surface area contributed by atoms with Crippen LogP contribution in [0.25, 0.3) is 0 Å². The molecule has 1 fully saturated rings. The minimum atomic E-state index is -0.310. The lowest BCUT2D eigenvalue weighted by Gasteiger charge is -2.20. The van der Waals surface area contributed by atoms with Gasteiger partial charge in [-0.3, -0.25) is 4.79 Å². The van der Waals surface area contributed by atoms with Gasteiger partial charge in [-0.15, -0.1) is 0 Å². The zero-order chi connectivity index (χ0) is 9.97. The Morgan fingerprint density at radius 3 is 3.21 bits per heavy atom. The molecule has 0 bridgehead atoms. The van der Waals surface area contributed by atoms with E-state index in [1.54, 1.807) is 28.7 Å². The van der Waals surface area contributed by atoms with Crippen LogP contribution in [0.15, 0.2) is 12.4 Å². The molecule has 0 N–H and O–H groups in total. The molecular formula is C9H12N2O2S. The van der Waals surface area contributed by atoms with E-state index in [1.165, 1.54) is 0 Å². The second-order valence-electron chi connectivity index (χ2n) is 3.16. The van der Waals surface area contributed by atoms with Gasteiger partial charge in [0.05, 0.1) is 6.61 Å². The fourth-order valence-electron chi connectivity index (χ4n) is 1.39. The minimum Gasteiger partial charge on any atom is -0.368 e. The van der Waals surface area contributed by atoms with E-state index in [9.17, 15) is 4.79 Å². The average molecular weight is 212 g/mol. The summed E-state index contributed by atoms with van der Waals surface area (Å²) in [6.45, 7) is 0.658. The topological polar surface area (TPSA) is 44.1 Å². The predicted molar refractivity (Wildman–Crippen MR) is 54.6 cm³/mol. The van der Waals surface area contributed by atoms with Crippen molar-refractivity contribution in [2.45, 2.75) is 6.10 Å². The summed E-state index contributed by atoms with van der Waals surface area (Å²) in [5.41, 5.74) is 0. The SMILES string of the molecule is Cn1ccnc1C(=O)C1CSCCO1. The van der Waals surface area contributed by atoms with Gasteiger partial charge in [-0.25, -0.2) is 4.98 Å². The first-order valence-electron chi connectivity index (χ1n) is 4.50. The van der Waals surface area contributed by atoms with Crippen LogP contribution in [0.2, 0.25) is 0 Å². The first kappa shape index (κ1) is 9.73. The highest BCUT2D eigenvalue weighted by Crippen LogP contribution is 2.15. The van der Waals surface area contributed by atoms with Crippen molar-refractivity contribution in [2.24, 2.45) is 7.05 Å². The first-order chi connectivity index (χ1) is 6.79. The number of ketones is 1. The molecule has 2 heterocycles. The second-order valence-corrected chi connectivity index (χ2v) is 4.31. The Morgan fingerprint density at radius 1 is 1.79 bits per heavy atom. The number of nitrogens with zero attached hydrogens (tertiary/aromatic N) is 2. The third-order valence-electron chi connectivity index (χ3n) is 2.15. The zero-order valence-corrected chi connectivity index (χ0v) is 8.79. The summed E-state index contributed by atoms with van der Waals surface area (Å²) in [4.78, 5) is 15.9. The number of ether oxygens (including phenoxy) is 1. The zero-order valence-electron chi connectivity index (χ0n) is 7.97. The highest BCUT2D eigenvalue weighted by atomic mass is 32.2. The summed E-state index contributed by atoms with van der Waals surface area (Å²) in [5.74, 6) is 2.19. The molecule has 2 rings (SSSR count). The number of carbonyl (C=O) groups is 1. The molecule has 1 aromatic heterocycles. The van der Waals surface area contributed by atoms with Crippen molar-refractivity contribution >= 4 is 17.5 Å².